The molecule has 0 aliphatic rings. The van der Waals surface area contributed by atoms with Crippen molar-refractivity contribution >= 4 is 11.0 Å². The number of H-pyrrole nitrogens is 1. The third kappa shape index (κ3) is 1.54. The van der Waals surface area contributed by atoms with E-state index in [1.807, 2.05) is 0 Å². The highest BCUT2D eigenvalue weighted by Crippen LogP contribution is 2.14. The van der Waals surface area contributed by atoms with Gasteiger partial charge in [-0.05, 0) is 20.3 Å². The van der Waals surface area contributed by atoms with Crippen molar-refractivity contribution in [2.24, 2.45) is 0 Å². The highest BCUT2D eigenvalue weighted by molar-refractivity contribution is 5.73. The lowest BCUT2D eigenvalue weighted by molar-refractivity contribution is 0.489. The summed E-state index contributed by atoms with van der Waals surface area (Å²) >= 11 is 0. The van der Waals surface area contributed by atoms with Crippen molar-refractivity contribution in [2.45, 2.75) is 33.2 Å². The Labute approximate surface area is 87.1 Å². The summed E-state index contributed by atoms with van der Waals surface area (Å²) in [5, 5.41) is 4.76. The van der Waals surface area contributed by atoms with Gasteiger partial charge >= 0.3 is 0 Å². The molecule has 0 saturated carbocycles. The SMILES string of the molecule is CCC(C)n1ncc2c(=O)[nH]c(C)nc21. The number of nitrogens with zero attached hydrogens (tertiary/aromatic N) is 3. The molecular weight excluding hydrogens is 192 g/mol. The summed E-state index contributed by atoms with van der Waals surface area (Å²) in [6.07, 6.45) is 2.54. The number of aromatic amines is 1. The molecule has 0 bridgehead atoms. The Morgan fingerprint density at radius 3 is 3.00 bits per heavy atom. The Morgan fingerprint density at radius 1 is 1.60 bits per heavy atom. The zero-order valence-corrected chi connectivity index (χ0v) is 9.11. The molecule has 1 unspecified atom stereocenters. The minimum absolute atomic E-state index is 0.118. The summed E-state index contributed by atoms with van der Waals surface area (Å²) in [6, 6.07) is 0.260. The molecule has 0 fully saturated rings. The van der Waals surface area contributed by atoms with Crippen LogP contribution in [0.25, 0.3) is 11.0 Å². The fraction of sp³-hybridized carbons (Fsp3) is 0.500. The number of rotatable bonds is 2. The van der Waals surface area contributed by atoms with Crippen LogP contribution in [0.15, 0.2) is 11.0 Å². The number of nitrogens with one attached hydrogen (secondary N) is 1. The Kier molecular flexibility index (Phi) is 2.30. The van der Waals surface area contributed by atoms with Crippen LogP contribution in [0, 0.1) is 6.92 Å². The van der Waals surface area contributed by atoms with Crippen LogP contribution in [-0.2, 0) is 0 Å². The Bertz CT molecular complexity index is 540. The van der Waals surface area contributed by atoms with Crippen molar-refractivity contribution in [2.75, 3.05) is 0 Å². The molecule has 0 aromatic carbocycles. The minimum Gasteiger partial charge on any atom is -0.310 e. The van der Waals surface area contributed by atoms with Crippen LogP contribution in [-0.4, -0.2) is 19.7 Å². The first-order valence-electron chi connectivity index (χ1n) is 5.07. The van der Waals surface area contributed by atoms with Gasteiger partial charge in [-0.3, -0.25) is 4.79 Å². The molecule has 5 heteroatoms. The summed E-state index contributed by atoms with van der Waals surface area (Å²) < 4.78 is 1.80. The van der Waals surface area contributed by atoms with Crippen LogP contribution in [0.1, 0.15) is 32.1 Å². The van der Waals surface area contributed by atoms with E-state index in [0.29, 0.717) is 16.9 Å². The van der Waals surface area contributed by atoms with Crippen molar-refractivity contribution in [1.82, 2.24) is 19.7 Å². The van der Waals surface area contributed by atoms with E-state index in [2.05, 4.69) is 28.9 Å². The first-order valence-corrected chi connectivity index (χ1v) is 5.07. The van der Waals surface area contributed by atoms with Gasteiger partial charge in [0.2, 0.25) is 0 Å². The van der Waals surface area contributed by atoms with Crippen molar-refractivity contribution < 1.29 is 0 Å². The molecule has 2 aromatic heterocycles. The molecule has 80 valence electrons. The quantitative estimate of drug-likeness (QED) is 0.807. The lowest BCUT2D eigenvalue weighted by Gasteiger charge is -2.09. The average Bonchev–Trinajstić information content (AvgIpc) is 2.60. The zero-order valence-electron chi connectivity index (χ0n) is 9.11. The Hall–Kier alpha value is -1.65. The molecule has 0 spiro atoms. The van der Waals surface area contributed by atoms with Crippen molar-refractivity contribution in [3.8, 4) is 0 Å². The molecule has 2 heterocycles. The molecule has 5 nitrogen and oxygen atoms in total. The van der Waals surface area contributed by atoms with E-state index in [1.165, 1.54) is 0 Å². The van der Waals surface area contributed by atoms with Crippen LogP contribution in [0.3, 0.4) is 0 Å². The molecular formula is C10H14N4O. The Morgan fingerprint density at radius 2 is 2.33 bits per heavy atom. The summed E-state index contributed by atoms with van der Waals surface area (Å²) in [7, 11) is 0. The number of fused-ring (bicyclic) bond motifs is 1. The van der Waals surface area contributed by atoms with Gasteiger partial charge in [-0.2, -0.15) is 5.10 Å². The first kappa shape index (κ1) is 9.89. The molecule has 15 heavy (non-hydrogen) atoms. The fourth-order valence-corrected chi connectivity index (χ4v) is 1.54. The molecule has 0 aliphatic heterocycles. The molecule has 0 aliphatic carbocycles. The van der Waals surface area contributed by atoms with E-state index in [0.717, 1.165) is 6.42 Å². The van der Waals surface area contributed by atoms with Gasteiger partial charge in [0.1, 0.15) is 11.2 Å². The van der Waals surface area contributed by atoms with Crippen LogP contribution in [0.4, 0.5) is 0 Å². The molecule has 2 rings (SSSR count). The van der Waals surface area contributed by atoms with E-state index in [4.69, 9.17) is 0 Å². The first-order chi connectivity index (χ1) is 7.13. The van der Waals surface area contributed by atoms with Crippen molar-refractivity contribution in [1.29, 1.82) is 0 Å². The van der Waals surface area contributed by atoms with Gasteiger partial charge in [0, 0.05) is 0 Å². The maximum Gasteiger partial charge on any atom is 0.262 e. The predicted molar refractivity (Wildman–Crippen MR) is 57.9 cm³/mol. The Balaban J connectivity index is 2.74. The van der Waals surface area contributed by atoms with E-state index in [1.54, 1.807) is 17.8 Å². The van der Waals surface area contributed by atoms with Crippen LogP contribution in [0.5, 0.6) is 0 Å². The van der Waals surface area contributed by atoms with Gasteiger partial charge in [0.15, 0.2) is 5.65 Å². The van der Waals surface area contributed by atoms with Gasteiger partial charge in [-0.15, -0.1) is 0 Å². The highest BCUT2D eigenvalue weighted by atomic mass is 16.1. The lowest BCUT2D eigenvalue weighted by Crippen LogP contribution is -2.12. The fourth-order valence-electron chi connectivity index (χ4n) is 1.54. The number of aryl methyl sites for hydroxylation is 1. The summed E-state index contributed by atoms with van der Waals surface area (Å²) in [4.78, 5) is 18.5. The zero-order chi connectivity index (χ0) is 11.0. The maximum absolute atomic E-state index is 11.6. The van der Waals surface area contributed by atoms with E-state index < -0.39 is 0 Å². The number of hydrogen-bond acceptors (Lipinski definition) is 3. The summed E-state index contributed by atoms with van der Waals surface area (Å²) in [5.41, 5.74) is 0.553. The van der Waals surface area contributed by atoms with Gasteiger partial charge in [-0.1, -0.05) is 6.92 Å². The molecule has 2 aromatic rings. The highest BCUT2D eigenvalue weighted by Gasteiger charge is 2.11. The molecule has 0 amide bonds. The van der Waals surface area contributed by atoms with E-state index >= 15 is 0 Å². The predicted octanol–water partition coefficient (Wildman–Crippen LogP) is 1.40. The van der Waals surface area contributed by atoms with Crippen molar-refractivity contribution in [3.63, 3.8) is 0 Å². The van der Waals surface area contributed by atoms with Gasteiger partial charge < -0.3 is 4.98 Å². The van der Waals surface area contributed by atoms with Crippen LogP contribution < -0.4 is 5.56 Å². The number of hydrogen-bond donors (Lipinski definition) is 1. The monoisotopic (exact) mass is 206 g/mol. The van der Waals surface area contributed by atoms with E-state index in [9.17, 15) is 4.79 Å². The lowest BCUT2D eigenvalue weighted by atomic mass is 10.3. The molecule has 0 saturated heterocycles. The summed E-state index contributed by atoms with van der Waals surface area (Å²) in [6.45, 7) is 5.91. The van der Waals surface area contributed by atoms with Crippen LogP contribution >= 0.6 is 0 Å². The van der Waals surface area contributed by atoms with E-state index in [-0.39, 0.29) is 11.6 Å². The molecule has 0 radical (unpaired) electrons. The van der Waals surface area contributed by atoms with Gasteiger partial charge in [-0.25, -0.2) is 9.67 Å². The smallest absolute Gasteiger partial charge is 0.262 e. The average molecular weight is 206 g/mol. The minimum atomic E-state index is -0.118. The second-order valence-corrected chi connectivity index (χ2v) is 3.74. The topological polar surface area (TPSA) is 63.6 Å². The maximum atomic E-state index is 11.6. The second kappa shape index (κ2) is 3.49. The number of aromatic nitrogens is 4. The van der Waals surface area contributed by atoms with Crippen molar-refractivity contribution in [3.05, 3.63) is 22.4 Å². The van der Waals surface area contributed by atoms with Gasteiger partial charge in [0.05, 0.1) is 12.2 Å². The second-order valence-electron chi connectivity index (χ2n) is 3.74. The third-order valence-electron chi connectivity index (χ3n) is 2.59. The largest absolute Gasteiger partial charge is 0.310 e. The normalized spacial score (nSPS) is 13.3. The molecule has 1 N–H and O–H groups in total. The third-order valence-corrected chi connectivity index (χ3v) is 2.59. The van der Waals surface area contributed by atoms with Crippen LogP contribution in [0.2, 0.25) is 0 Å². The summed E-state index contributed by atoms with van der Waals surface area (Å²) in [5.74, 6) is 0.623. The molecule has 1 atom stereocenters. The van der Waals surface area contributed by atoms with Gasteiger partial charge in [0.25, 0.3) is 5.56 Å². The standard InChI is InChI=1S/C10H14N4O/c1-4-6(2)14-9-8(5-11-14)10(15)13-7(3)12-9/h5-6H,4H2,1-3H3,(H,12,13,15).